The monoisotopic (exact) mass is 369 g/mol. The first-order valence-electron chi connectivity index (χ1n) is 6.14. The van der Waals surface area contributed by atoms with Crippen molar-refractivity contribution in [1.82, 2.24) is 9.97 Å². The van der Waals surface area contributed by atoms with Gasteiger partial charge in [0.05, 0.1) is 5.02 Å². The van der Waals surface area contributed by atoms with Crippen molar-refractivity contribution in [3.05, 3.63) is 45.1 Å². The van der Waals surface area contributed by atoms with Crippen LogP contribution in [0.2, 0.25) is 5.02 Å². The molecule has 5 nitrogen and oxygen atoms in total. The predicted octanol–water partition coefficient (Wildman–Crippen LogP) is 3.53. The molecule has 1 aromatic heterocycles. The van der Waals surface area contributed by atoms with E-state index in [9.17, 15) is 4.79 Å². The normalized spacial score (nSPS) is 10.3. The number of aromatic nitrogens is 2. The Morgan fingerprint density at radius 1 is 1.29 bits per heavy atom. The number of carbonyl (C=O) groups is 1. The molecule has 0 spiro atoms. The highest BCUT2D eigenvalue weighted by Crippen LogP contribution is 2.27. The molecule has 7 heteroatoms. The fourth-order valence-corrected chi connectivity index (χ4v) is 2.41. The fourth-order valence-electron chi connectivity index (χ4n) is 1.68. The number of ether oxygens (including phenoxy) is 1. The van der Waals surface area contributed by atoms with Crippen LogP contribution in [0.15, 0.2) is 28.7 Å². The zero-order valence-corrected chi connectivity index (χ0v) is 13.8. The molecule has 0 saturated carbocycles. The molecule has 0 fully saturated rings. The lowest BCUT2D eigenvalue weighted by molar-refractivity contribution is -0.118. The summed E-state index contributed by atoms with van der Waals surface area (Å²) in [5.74, 6) is 0.360. The summed E-state index contributed by atoms with van der Waals surface area (Å²) in [7, 11) is 0. The van der Waals surface area contributed by atoms with E-state index < -0.39 is 0 Å². The minimum atomic E-state index is -0.348. The lowest BCUT2D eigenvalue weighted by Crippen LogP contribution is -2.22. The van der Waals surface area contributed by atoms with E-state index in [0.717, 1.165) is 15.9 Å². The molecule has 2 aromatic rings. The number of carbonyl (C=O) groups excluding carboxylic acids is 1. The summed E-state index contributed by atoms with van der Waals surface area (Å²) in [4.78, 5) is 20.1. The van der Waals surface area contributed by atoms with Crippen molar-refractivity contribution in [2.24, 2.45) is 0 Å². The Morgan fingerprint density at radius 3 is 2.57 bits per heavy atom. The molecule has 0 bridgehead atoms. The summed E-state index contributed by atoms with van der Waals surface area (Å²) in [5.41, 5.74) is 1.57. The second-order valence-electron chi connectivity index (χ2n) is 4.39. The first-order valence-corrected chi connectivity index (χ1v) is 7.31. The Kier molecular flexibility index (Phi) is 5.14. The van der Waals surface area contributed by atoms with Crippen molar-refractivity contribution in [2.45, 2.75) is 13.8 Å². The summed E-state index contributed by atoms with van der Waals surface area (Å²) >= 11 is 9.30. The predicted molar refractivity (Wildman–Crippen MR) is 84.8 cm³/mol. The third-order valence-electron chi connectivity index (χ3n) is 2.49. The number of nitrogens with one attached hydrogen (secondary N) is 1. The van der Waals surface area contributed by atoms with Crippen molar-refractivity contribution in [2.75, 3.05) is 11.9 Å². The fraction of sp³-hybridized carbons (Fsp3) is 0.214. The number of amides is 1. The molecule has 21 heavy (non-hydrogen) atoms. The quantitative estimate of drug-likeness (QED) is 0.894. The number of anilines is 1. The molecule has 0 saturated heterocycles. The van der Waals surface area contributed by atoms with Crippen molar-refractivity contribution >= 4 is 39.4 Å². The minimum absolute atomic E-state index is 0.169. The summed E-state index contributed by atoms with van der Waals surface area (Å²) < 4.78 is 6.21. The van der Waals surface area contributed by atoms with Gasteiger partial charge in [0.15, 0.2) is 6.61 Å². The van der Waals surface area contributed by atoms with Crippen molar-refractivity contribution < 1.29 is 9.53 Å². The van der Waals surface area contributed by atoms with Crippen LogP contribution in [0.25, 0.3) is 0 Å². The van der Waals surface area contributed by atoms with Gasteiger partial charge in [0.25, 0.3) is 5.91 Å². The summed E-state index contributed by atoms with van der Waals surface area (Å²) in [5, 5.41) is 3.02. The lowest BCUT2D eigenvalue weighted by Gasteiger charge is -2.09. The van der Waals surface area contributed by atoms with Gasteiger partial charge < -0.3 is 4.74 Å². The first-order chi connectivity index (χ1) is 9.94. The topological polar surface area (TPSA) is 64.1 Å². The maximum Gasteiger partial charge on any atom is 0.264 e. The van der Waals surface area contributed by atoms with Crippen LogP contribution in [0.3, 0.4) is 0 Å². The van der Waals surface area contributed by atoms with E-state index in [4.69, 9.17) is 16.3 Å². The second-order valence-corrected chi connectivity index (χ2v) is 5.71. The number of nitrogens with zero attached hydrogens (tertiary/aromatic N) is 2. The molecular formula is C14H13BrClN3O2. The maximum atomic E-state index is 11.8. The molecule has 2 rings (SSSR count). The SMILES string of the molecule is Cc1cc(C)nc(NC(=O)COc2ccc(Br)cc2Cl)n1. The van der Waals surface area contributed by atoms with Crippen LogP contribution in [-0.4, -0.2) is 22.5 Å². The molecule has 1 heterocycles. The molecule has 0 atom stereocenters. The zero-order chi connectivity index (χ0) is 15.4. The number of hydrogen-bond acceptors (Lipinski definition) is 4. The van der Waals surface area contributed by atoms with E-state index >= 15 is 0 Å². The minimum Gasteiger partial charge on any atom is -0.482 e. The Bertz CT molecular complexity index is 659. The second kappa shape index (κ2) is 6.87. The highest BCUT2D eigenvalue weighted by molar-refractivity contribution is 9.10. The van der Waals surface area contributed by atoms with Crippen LogP contribution in [0.4, 0.5) is 5.95 Å². The summed E-state index contributed by atoms with van der Waals surface area (Å²) in [6, 6.07) is 6.99. The number of halogens is 2. The smallest absolute Gasteiger partial charge is 0.264 e. The number of rotatable bonds is 4. The van der Waals surface area contributed by atoms with Gasteiger partial charge in [-0.05, 0) is 38.1 Å². The third-order valence-corrected chi connectivity index (χ3v) is 3.27. The van der Waals surface area contributed by atoms with Crippen LogP contribution in [-0.2, 0) is 4.79 Å². The average molecular weight is 371 g/mol. The summed E-state index contributed by atoms with van der Waals surface area (Å²) in [6.07, 6.45) is 0. The molecule has 0 aliphatic rings. The van der Waals surface area contributed by atoms with Gasteiger partial charge in [0, 0.05) is 15.9 Å². The lowest BCUT2D eigenvalue weighted by atomic mass is 10.3. The average Bonchev–Trinajstić information content (AvgIpc) is 2.36. The number of aryl methyl sites for hydroxylation is 2. The van der Waals surface area contributed by atoms with E-state index in [2.05, 4.69) is 31.2 Å². The molecule has 1 amide bonds. The highest BCUT2D eigenvalue weighted by Gasteiger charge is 2.08. The molecule has 110 valence electrons. The van der Waals surface area contributed by atoms with Crippen molar-refractivity contribution in [3.63, 3.8) is 0 Å². The van der Waals surface area contributed by atoms with Gasteiger partial charge in [-0.15, -0.1) is 0 Å². The third kappa shape index (κ3) is 4.68. The van der Waals surface area contributed by atoms with Crippen molar-refractivity contribution in [1.29, 1.82) is 0 Å². The van der Waals surface area contributed by atoms with E-state index in [1.807, 2.05) is 19.9 Å². The van der Waals surface area contributed by atoms with Gasteiger partial charge in [-0.2, -0.15) is 0 Å². The molecule has 0 aliphatic carbocycles. The molecular weight excluding hydrogens is 358 g/mol. The Morgan fingerprint density at radius 2 is 1.95 bits per heavy atom. The molecule has 0 radical (unpaired) electrons. The first kappa shape index (κ1) is 15.7. The molecule has 0 aliphatic heterocycles. The van der Waals surface area contributed by atoms with E-state index in [1.165, 1.54) is 0 Å². The Labute approximate surface area is 135 Å². The van der Waals surface area contributed by atoms with Crippen LogP contribution < -0.4 is 10.1 Å². The van der Waals surface area contributed by atoms with Crippen LogP contribution in [0.5, 0.6) is 5.75 Å². The molecule has 1 aromatic carbocycles. The van der Waals surface area contributed by atoms with Crippen LogP contribution in [0.1, 0.15) is 11.4 Å². The van der Waals surface area contributed by atoms with Gasteiger partial charge in [0.2, 0.25) is 5.95 Å². The van der Waals surface area contributed by atoms with Gasteiger partial charge in [0.1, 0.15) is 5.75 Å². The highest BCUT2D eigenvalue weighted by atomic mass is 79.9. The van der Waals surface area contributed by atoms with Gasteiger partial charge in [-0.25, -0.2) is 9.97 Å². The van der Waals surface area contributed by atoms with Gasteiger partial charge >= 0.3 is 0 Å². The summed E-state index contributed by atoms with van der Waals surface area (Å²) in [6.45, 7) is 3.50. The molecule has 1 N–H and O–H groups in total. The largest absolute Gasteiger partial charge is 0.482 e. The number of hydrogen-bond donors (Lipinski definition) is 1. The Hall–Kier alpha value is -1.66. The zero-order valence-electron chi connectivity index (χ0n) is 11.5. The van der Waals surface area contributed by atoms with Gasteiger partial charge in [-0.1, -0.05) is 27.5 Å². The van der Waals surface area contributed by atoms with E-state index in [1.54, 1.807) is 18.2 Å². The van der Waals surface area contributed by atoms with Crippen molar-refractivity contribution in [3.8, 4) is 5.75 Å². The van der Waals surface area contributed by atoms with Gasteiger partial charge in [-0.3, -0.25) is 10.1 Å². The molecule has 0 unspecified atom stereocenters. The van der Waals surface area contributed by atoms with E-state index in [-0.39, 0.29) is 18.5 Å². The standard InChI is InChI=1S/C14H13BrClN3O2/c1-8-5-9(2)18-14(17-8)19-13(20)7-21-12-4-3-10(15)6-11(12)16/h3-6H,7H2,1-2H3,(H,17,18,19,20). The maximum absolute atomic E-state index is 11.8. The van der Waals surface area contributed by atoms with E-state index in [0.29, 0.717) is 10.8 Å². The van der Waals surface area contributed by atoms with Crippen LogP contribution in [0, 0.1) is 13.8 Å². The van der Waals surface area contributed by atoms with Crippen LogP contribution >= 0.6 is 27.5 Å². The Balaban J connectivity index is 1.95. The number of benzene rings is 1.